The van der Waals surface area contributed by atoms with Crippen LogP contribution < -0.4 is 10.6 Å². The first-order valence-corrected chi connectivity index (χ1v) is 7.78. The van der Waals surface area contributed by atoms with Gasteiger partial charge in [0.1, 0.15) is 5.92 Å². The van der Waals surface area contributed by atoms with Crippen LogP contribution in [0.15, 0.2) is 41.4 Å². The highest BCUT2D eigenvalue weighted by Crippen LogP contribution is 2.31. The highest BCUT2D eigenvalue weighted by molar-refractivity contribution is 7.98. The third kappa shape index (κ3) is 3.21. The molecular weight excluding hydrogens is 286 g/mol. The van der Waals surface area contributed by atoms with E-state index in [0.29, 0.717) is 5.70 Å². The molecule has 21 heavy (non-hydrogen) atoms. The topological polar surface area (TPSA) is 61.4 Å². The standard InChI is InChI=1S/C15H19N3O2S/c1-9-12(14(19)18(2)3)13(17-15(20)16-9)10-5-7-11(21-4)8-6-10/h5-8,12-13H,1H2,2-4H3,(H2,16,17,20)/t12-,13+/m1/s1. The molecule has 0 unspecified atom stereocenters. The summed E-state index contributed by atoms with van der Waals surface area (Å²) < 4.78 is 0. The zero-order chi connectivity index (χ0) is 15.6. The maximum Gasteiger partial charge on any atom is 0.319 e. The molecule has 1 aliphatic heterocycles. The molecule has 6 heteroatoms. The fraction of sp³-hybridized carbons (Fsp3) is 0.333. The van der Waals surface area contributed by atoms with Crippen molar-refractivity contribution in [3.05, 3.63) is 42.1 Å². The molecular formula is C15H19N3O2S. The van der Waals surface area contributed by atoms with E-state index in [1.165, 1.54) is 4.90 Å². The average Bonchev–Trinajstić information content (AvgIpc) is 2.46. The monoisotopic (exact) mass is 305 g/mol. The number of hydrogen-bond donors (Lipinski definition) is 2. The summed E-state index contributed by atoms with van der Waals surface area (Å²) in [5, 5.41) is 5.41. The molecule has 1 saturated heterocycles. The summed E-state index contributed by atoms with van der Waals surface area (Å²) in [5.41, 5.74) is 1.32. The summed E-state index contributed by atoms with van der Waals surface area (Å²) in [6.45, 7) is 3.84. The van der Waals surface area contributed by atoms with Gasteiger partial charge >= 0.3 is 6.03 Å². The zero-order valence-electron chi connectivity index (χ0n) is 12.3. The van der Waals surface area contributed by atoms with E-state index in [2.05, 4.69) is 17.2 Å². The zero-order valence-corrected chi connectivity index (χ0v) is 13.2. The van der Waals surface area contributed by atoms with E-state index >= 15 is 0 Å². The lowest BCUT2D eigenvalue weighted by molar-refractivity contribution is -0.132. The van der Waals surface area contributed by atoms with Crippen molar-refractivity contribution in [1.82, 2.24) is 15.5 Å². The van der Waals surface area contributed by atoms with Gasteiger partial charge in [0.05, 0.1) is 6.04 Å². The molecule has 1 aliphatic rings. The van der Waals surface area contributed by atoms with Gasteiger partial charge in [0.25, 0.3) is 0 Å². The van der Waals surface area contributed by atoms with Gasteiger partial charge in [-0.05, 0) is 24.0 Å². The first-order valence-electron chi connectivity index (χ1n) is 6.55. The number of hydrogen-bond acceptors (Lipinski definition) is 3. The number of carbonyl (C=O) groups is 2. The van der Waals surface area contributed by atoms with E-state index in [1.807, 2.05) is 30.5 Å². The Morgan fingerprint density at radius 3 is 2.43 bits per heavy atom. The minimum absolute atomic E-state index is 0.0913. The summed E-state index contributed by atoms with van der Waals surface area (Å²) in [7, 11) is 3.39. The molecule has 112 valence electrons. The summed E-state index contributed by atoms with van der Waals surface area (Å²) in [5.74, 6) is -0.607. The smallest absolute Gasteiger partial charge is 0.319 e. The third-order valence-corrected chi connectivity index (χ3v) is 4.19. The van der Waals surface area contributed by atoms with Gasteiger partial charge in [-0.3, -0.25) is 4.79 Å². The first kappa shape index (κ1) is 15.4. The van der Waals surface area contributed by atoms with Gasteiger partial charge in [0.2, 0.25) is 5.91 Å². The van der Waals surface area contributed by atoms with E-state index in [-0.39, 0.29) is 11.9 Å². The molecule has 0 saturated carbocycles. The van der Waals surface area contributed by atoms with Crippen molar-refractivity contribution in [2.45, 2.75) is 10.9 Å². The number of thioether (sulfide) groups is 1. The van der Waals surface area contributed by atoms with Crippen LogP contribution >= 0.6 is 11.8 Å². The van der Waals surface area contributed by atoms with Crippen LogP contribution in [0, 0.1) is 5.92 Å². The fourth-order valence-electron chi connectivity index (χ4n) is 2.34. The van der Waals surface area contributed by atoms with Gasteiger partial charge in [0, 0.05) is 24.7 Å². The second-order valence-corrected chi connectivity index (χ2v) is 5.96. The van der Waals surface area contributed by atoms with Crippen LogP contribution in [-0.4, -0.2) is 37.2 Å². The molecule has 0 aliphatic carbocycles. The highest BCUT2D eigenvalue weighted by atomic mass is 32.2. The maximum atomic E-state index is 12.4. The summed E-state index contributed by atoms with van der Waals surface area (Å²) in [6.07, 6.45) is 2.00. The van der Waals surface area contributed by atoms with Gasteiger partial charge in [-0.1, -0.05) is 18.7 Å². The second kappa shape index (κ2) is 6.22. The molecule has 0 aromatic heterocycles. The van der Waals surface area contributed by atoms with Crippen molar-refractivity contribution < 1.29 is 9.59 Å². The molecule has 5 nitrogen and oxygen atoms in total. The summed E-state index contributed by atoms with van der Waals surface area (Å²) in [6, 6.07) is 7.10. The van der Waals surface area contributed by atoms with Crippen LogP contribution in [0.3, 0.4) is 0 Å². The van der Waals surface area contributed by atoms with Crippen LogP contribution in [-0.2, 0) is 4.79 Å². The molecule has 2 rings (SSSR count). The van der Waals surface area contributed by atoms with Crippen molar-refractivity contribution in [2.75, 3.05) is 20.4 Å². The Morgan fingerprint density at radius 1 is 1.29 bits per heavy atom. The quantitative estimate of drug-likeness (QED) is 0.840. The van der Waals surface area contributed by atoms with Crippen molar-refractivity contribution in [1.29, 1.82) is 0 Å². The van der Waals surface area contributed by atoms with Gasteiger partial charge in [0.15, 0.2) is 0 Å². The van der Waals surface area contributed by atoms with E-state index in [9.17, 15) is 9.59 Å². The number of rotatable bonds is 3. The Hall–Kier alpha value is -1.95. The Kier molecular flexibility index (Phi) is 4.57. The number of urea groups is 1. The second-order valence-electron chi connectivity index (χ2n) is 5.08. The molecule has 1 aromatic rings. The van der Waals surface area contributed by atoms with Crippen molar-refractivity contribution in [2.24, 2.45) is 5.92 Å². The van der Waals surface area contributed by atoms with Crippen LogP contribution in [0.4, 0.5) is 4.79 Å². The summed E-state index contributed by atoms with van der Waals surface area (Å²) in [4.78, 5) is 26.7. The van der Waals surface area contributed by atoms with E-state index in [1.54, 1.807) is 25.9 Å². The van der Waals surface area contributed by atoms with Crippen LogP contribution in [0.25, 0.3) is 0 Å². The van der Waals surface area contributed by atoms with Gasteiger partial charge < -0.3 is 15.5 Å². The van der Waals surface area contributed by atoms with Crippen molar-refractivity contribution >= 4 is 23.7 Å². The van der Waals surface area contributed by atoms with Crippen LogP contribution in [0.1, 0.15) is 11.6 Å². The van der Waals surface area contributed by atoms with Crippen molar-refractivity contribution in [3.8, 4) is 0 Å². The van der Waals surface area contributed by atoms with Gasteiger partial charge in [-0.15, -0.1) is 11.8 Å². The van der Waals surface area contributed by atoms with E-state index < -0.39 is 12.0 Å². The largest absolute Gasteiger partial charge is 0.348 e. The minimum Gasteiger partial charge on any atom is -0.348 e. The van der Waals surface area contributed by atoms with Crippen LogP contribution in [0.5, 0.6) is 0 Å². The van der Waals surface area contributed by atoms with E-state index in [4.69, 9.17) is 0 Å². The Labute approximate surface area is 128 Å². The lowest BCUT2D eigenvalue weighted by atomic mass is 9.88. The molecule has 0 radical (unpaired) electrons. The SMILES string of the molecule is C=C1NC(=O)N[C@@H](c2ccc(SC)cc2)[C@@H]1C(=O)N(C)C. The Bertz CT molecular complexity index is 569. The minimum atomic E-state index is -0.516. The Balaban J connectivity index is 2.36. The lowest BCUT2D eigenvalue weighted by Crippen LogP contribution is -2.52. The molecule has 0 spiro atoms. The third-order valence-electron chi connectivity index (χ3n) is 3.45. The number of amides is 3. The molecule has 1 heterocycles. The number of benzene rings is 1. The maximum absolute atomic E-state index is 12.4. The number of nitrogens with one attached hydrogen (secondary N) is 2. The summed E-state index contributed by atoms with van der Waals surface area (Å²) >= 11 is 1.64. The predicted molar refractivity (Wildman–Crippen MR) is 84.0 cm³/mol. The number of nitrogens with zero attached hydrogens (tertiary/aromatic N) is 1. The highest BCUT2D eigenvalue weighted by Gasteiger charge is 2.38. The molecule has 2 atom stereocenters. The van der Waals surface area contributed by atoms with Crippen molar-refractivity contribution in [3.63, 3.8) is 0 Å². The molecule has 2 N–H and O–H groups in total. The van der Waals surface area contributed by atoms with E-state index in [0.717, 1.165) is 10.5 Å². The molecule has 3 amide bonds. The fourth-order valence-corrected chi connectivity index (χ4v) is 2.75. The lowest BCUT2D eigenvalue weighted by Gasteiger charge is -2.35. The van der Waals surface area contributed by atoms with Gasteiger partial charge in [-0.2, -0.15) is 0 Å². The molecule has 0 bridgehead atoms. The first-order chi connectivity index (χ1) is 9.93. The Morgan fingerprint density at radius 2 is 1.90 bits per heavy atom. The normalized spacial score (nSPS) is 21.5. The molecule has 1 aromatic carbocycles. The van der Waals surface area contributed by atoms with Gasteiger partial charge in [-0.25, -0.2) is 4.79 Å². The average molecular weight is 305 g/mol. The van der Waals surface area contributed by atoms with Crippen LogP contribution in [0.2, 0.25) is 0 Å². The molecule has 1 fully saturated rings. The predicted octanol–water partition coefficient (Wildman–Crippen LogP) is 1.98. The number of carbonyl (C=O) groups excluding carboxylic acids is 2.